The average Bonchev–Trinajstić information content (AvgIpc) is 2.25. The first kappa shape index (κ1) is 11.0. The van der Waals surface area contributed by atoms with Gasteiger partial charge < -0.3 is 5.11 Å². The Morgan fingerprint density at radius 2 is 2.00 bits per heavy atom. The molecule has 76 valence electrons. The lowest BCUT2D eigenvalue weighted by Crippen LogP contribution is -2.08. The fourth-order valence-corrected chi connectivity index (χ4v) is 1.50. The van der Waals surface area contributed by atoms with E-state index >= 15 is 0 Å². The molecule has 0 fully saturated rings. The van der Waals surface area contributed by atoms with Crippen molar-refractivity contribution in [2.75, 3.05) is 6.61 Å². The Balaban J connectivity index is 2.48. The molecule has 1 aromatic carbocycles. The van der Waals surface area contributed by atoms with Crippen molar-refractivity contribution in [1.29, 1.82) is 0 Å². The topological polar surface area (TPSA) is 20.2 Å². The van der Waals surface area contributed by atoms with Crippen molar-refractivity contribution in [3.05, 3.63) is 48.0 Å². The number of aliphatic hydroxyl groups is 1. The van der Waals surface area contributed by atoms with Gasteiger partial charge in [0.25, 0.3) is 0 Å². The van der Waals surface area contributed by atoms with Crippen LogP contribution in [0.5, 0.6) is 0 Å². The molecular formula is C13H18O. The molecule has 0 aliphatic carbocycles. The van der Waals surface area contributed by atoms with Gasteiger partial charge in [-0.15, -0.1) is 0 Å². The zero-order valence-corrected chi connectivity index (χ0v) is 8.69. The first-order valence-corrected chi connectivity index (χ1v) is 5.12. The van der Waals surface area contributed by atoms with Crippen molar-refractivity contribution in [2.24, 2.45) is 5.92 Å². The van der Waals surface area contributed by atoms with Crippen LogP contribution in [0, 0.1) is 5.92 Å². The Bertz CT molecular complexity index is 264. The van der Waals surface area contributed by atoms with E-state index in [1.54, 1.807) is 0 Å². The molecule has 0 heterocycles. The SMILES string of the molecule is C/C=C/C[C@H](CO)Cc1ccccc1. The van der Waals surface area contributed by atoms with E-state index in [0.29, 0.717) is 5.92 Å². The van der Waals surface area contributed by atoms with Crippen LogP contribution in [0.4, 0.5) is 0 Å². The van der Waals surface area contributed by atoms with Crippen LogP contribution in [0.3, 0.4) is 0 Å². The highest BCUT2D eigenvalue weighted by atomic mass is 16.3. The largest absolute Gasteiger partial charge is 0.396 e. The zero-order valence-electron chi connectivity index (χ0n) is 8.69. The quantitative estimate of drug-likeness (QED) is 0.708. The highest BCUT2D eigenvalue weighted by Gasteiger charge is 2.05. The molecule has 14 heavy (non-hydrogen) atoms. The molecule has 0 saturated carbocycles. The van der Waals surface area contributed by atoms with E-state index in [9.17, 15) is 5.11 Å². The number of hydrogen-bond acceptors (Lipinski definition) is 1. The monoisotopic (exact) mass is 190 g/mol. The first-order valence-electron chi connectivity index (χ1n) is 5.12. The third-order valence-corrected chi connectivity index (χ3v) is 2.33. The summed E-state index contributed by atoms with van der Waals surface area (Å²) in [4.78, 5) is 0. The second kappa shape index (κ2) is 6.39. The Morgan fingerprint density at radius 1 is 1.29 bits per heavy atom. The Hall–Kier alpha value is -1.08. The summed E-state index contributed by atoms with van der Waals surface area (Å²) in [7, 11) is 0. The summed E-state index contributed by atoms with van der Waals surface area (Å²) in [5.41, 5.74) is 1.30. The van der Waals surface area contributed by atoms with Gasteiger partial charge in [0.05, 0.1) is 0 Å². The second-order valence-electron chi connectivity index (χ2n) is 3.54. The Kier molecular flexibility index (Phi) is 5.02. The van der Waals surface area contributed by atoms with Gasteiger partial charge in [-0.25, -0.2) is 0 Å². The molecule has 0 aliphatic rings. The minimum Gasteiger partial charge on any atom is -0.396 e. The van der Waals surface area contributed by atoms with Crippen LogP contribution in [0.25, 0.3) is 0 Å². The lowest BCUT2D eigenvalue weighted by Gasteiger charge is -2.11. The van der Waals surface area contributed by atoms with Gasteiger partial charge in [0.2, 0.25) is 0 Å². The number of hydrogen-bond donors (Lipinski definition) is 1. The van der Waals surface area contributed by atoms with Gasteiger partial charge in [0, 0.05) is 6.61 Å². The van der Waals surface area contributed by atoms with Crippen LogP contribution in [0.2, 0.25) is 0 Å². The second-order valence-corrected chi connectivity index (χ2v) is 3.54. The summed E-state index contributed by atoms with van der Waals surface area (Å²) in [6.45, 7) is 2.27. The normalized spacial score (nSPS) is 13.3. The maximum Gasteiger partial charge on any atom is 0.0465 e. The van der Waals surface area contributed by atoms with Crippen molar-refractivity contribution in [3.8, 4) is 0 Å². The predicted octanol–water partition coefficient (Wildman–Crippen LogP) is 2.80. The summed E-state index contributed by atoms with van der Waals surface area (Å²) in [5, 5.41) is 9.18. The van der Waals surface area contributed by atoms with E-state index in [1.807, 2.05) is 31.2 Å². The van der Waals surface area contributed by atoms with E-state index < -0.39 is 0 Å². The number of benzene rings is 1. The molecule has 0 unspecified atom stereocenters. The number of rotatable bonds is 5. The van der Waals surface area contributed by atoms with E-state index in [4.69, 9.17) is 0 Å². The van der Waals surface area contributed by atoms with Gasteiger partial charge in [0.1, 0.15) is 0 Å². The summed E-state index contributed by atoms with van der Waals surface area (Å²) in [6, 6.07) is 10.3. The number of allylic oxidation sites excluding steroid dienone is 2. The van der Waals surface area contributed by atoms with Crippen LogP contribution in [-0.2, 0) is 6.42 Å². The van der Waals surface area contributed by atoms with Gasteiger partial charge in [-0.05, 0) is 31.2 Å². The fourth-order valence-electron chi connectivity index (χ4n) is 1.50. The number of aliphatic hydroxyl groups excluding tert-OH is 1. The molecule has 0 spiro atoms. The molecule has 1 nitrogen and oxygen atoms in total. The Morgan fingerprint density at radius 3 is 2.57 bits per heavy atom. The van der Waals surface area contributed by atoms with Gasteiger partial charge in [0.15, 0.2) is 0 Å². The van der Waals surface area contributed by atoms with Crippen LogP contribution in [0.1, 0.15) is 18.9 Å². The van der Waals surface area contributed by atoms with E-state index in [0.717, 1.165) is 12.8 Å². The standard InChI is InChI=1S/C13H18O/c1-2-3-7-13(11-14)10-12-8-5-4-6-9-12/h2-6,8-9,13-14H,7,10-11H2,1H3/b3-2+/t13-/m0/s1. The highest BCUT2D eigenvalue weighted by Crippen LogP contribution is 2.12. The Labute approximate surface area is 86.1 Å². The molecule has 1 aromatic rings. The van der Waals surface area contributed by atoms with Gasteiger partial charge in [-0.3, -0.25) is 0 Å². The van der Waals surface area contributed by atoms with E-state index in [1.165, 1.54) is 5.56 Å². The molecular weight excluding hydrogens is 172 g/mol. The fraction of sp³-hybridized carbons (Fsp3) is 0.385. The zero-order chi connectivity index (χ0) is 10.2. The molecule has 0 aliphatic heterocycles. The van der Waals surface area contributed by atoms with Crippen LogP contribution < -0.4 is 0 Å². The summed E-state index contributed by atoms with van der Waals surface area (Å²) >= 11 is 0. The molecule has 0 saturated heterocycles. The molecule has 1 heteroatoms. The lowest BCUT2D eigenvalue weighted by atomic mass is 9.97. The van der Waals surface area contributed by atoms with Crippen molar-refractivity contribution >= 4 is 0 Å². The van der Waals surface area contributed by atoms with Crippen molar-refractivity contribution in [2.45, 2.75) is 19.8 Å². The molecule has 1 N–H and O–H groups in total. The highest BCUT2D eigenvalue weighted by molar-refractivity contribution is 5.15. The van der Waals surface area contributed by atoms with Crippen LogP contribution in [0.15, 0.2) is 42.5 Å². The van der Waals surface area contributed by atoms with Crippen LogP contribution in [-0.4, -0.2) is 11.7 Å². The lowest BCUT2D eigenvalue weighted by molar-refractivity contribution is 0.227. The summed E-state index contributed by atoms with van der Waals surface area (Å²) < 4.78 is 0. The average molecular weight is 190 g/mol. The first-order chi connectivity index (χ1) is 6.86. The van der Waals surface area contributed by atoms with Crippen molar-refractivity contribution < 1.29 is 5.11 Å². The smallest absolute Gasteiger partial charge is 0.0465 e. The summed E-state index contributed by atoms with van der Waals surface area (Å²) in [5.74, 6) is 0.355. The van der Waals surface area contributed by atoms with Crippen molar-refractivity contribution in [3.63, 3.8) is 0 Å². The molecule has 0 amide bonds. The minimum atomic E-state index is 0.263. The van der Waals surface area contributed by atoms with E-state index in [2.05, 4.69) is 18.2 Å². The molecule has 0 radical (unpaired) electrons. The molecule has 0 bridgehead atoms. The molecule has 1 atom stereocenters. The van der Waals surface area contributed by atoms with E-state index in [-0.39, 0.29) is 6.61 Å². The molecule has 1 rings (SSSR count). The van der Waals surface area contributed by atoms with Gasteiger partial charge in [-0.2, -0.15) is 0 Å². The molecule has 0 aromatic heterocycles. The third-order valence-electron chi connectivity index (χ3n) is 2.33. The van der Waals surface area contributed by atoms with Gasteiger partial charge in [-0.1, -0.05) is 42.5 Å². The predicted molar refractivity (Wildman–Crippen MR) is 60.2 cm³/mol. The van der Waals surface area contributed by atoms with Crippen LogP contribution >= 0.6 is 0 Å². The maximum atomic E-state index is 9.18. The minimum absolute atomic E-state index is 0.263. The van der Waals surface area contributed by atoms with Crippen molar-refractivity contribution in [1.82, 2.24) is 0 Å². The summed E-state index contributed by atoms with van der Waals surface area (Å²) in [6.07, 6.45) is 6.07. The van der Waals surface area contributed by atoms with Gasteiger partial charge >= 0.3 is 0 Å². The third kappa shape index (κ3) is 3.75. The maximum absolute atomic E-state index is 9.18.